The first-order valence-electron chi connectivity index (χ1n) is 7.83. The summed E-state index contributed by atoms with van der Waals surface area (Å²) in [6.07, 6.45) is 0. The van der Waals surface area contributed by atoms with E-state index in [-0.39, 0.29) is 22.2 Å². The molecular weight excluding hydrogens is 389 g/mol. The van der Waals surface area contributed by atoms with Gasteiger partial charge in [0.1, 0.15) is 5.82 Å². The number of aromatic amines is 1. The Hall–Kier alpha value is -3.16. The van der Waals surface area contributed by atoms with Crippen LogP contribution in [0.3, 0.4) is 0 Å². The SMILES string of the molecule is O=C(Nc1cc(=O)[nH]c2nc(-c3ccccc3)nn12)c1ccc(Cl)cc1Cl. The monoisotopic (exact) mass is 399 g/mol. The fourth-order valence-corrected chi connectivity index (χ4v) is 3.04. The zero-order valence-corrected chi connectivity index (χ0v) is 15.1. The molecule has 0 saturated heterocycles. The number of hydrogen-bond donors (Lipinski definition) is 2. The molecule has 2 aromatic carbocycles. The topological polar surface area (TPSA) is 92.1 Å². The summed E-state index contributed by atoms with van der Waals surface area (Å²) in [6.45, 7) is 0. The third-order valence-corrected chi connectivity index (χ3v) is 4.34. The van der Waals surface area contributed by atoms with Gasteiger partial charge in [-0.25, -0.2) is 0 Å². The molecule has 7 nitrogen and oxygen atoms in total. The number of fused-ring (bicyclic) bond motifs is 1. The molecule has 0 aliphatic carbocycles. The molecule has 0 unspecified atom stereocenters. The molecule has 0 aliphatic rings. The summed E-state index contributed by atoms with van der Waals surface area (Å²) in [4.78, 5) is 31.4. The summed E-state index contributed by atoms with van der Waals surface area (Å²) in [5.41, 5.74) is 0.574. The number of hydrogen-bond acceptors (Lipinski definition) is 4. The Kier molecular flexibility index (Phi) is 4.39. The second kappa shape index (κ2) is 6.86. The number of amides is 1. The molecule has 0 fully saturated rings. The van der Waals surface area contributed by atoms with Crippen molar-refractivity contribution in [1.82, 2.24) is 19.6 Å². The van der Waals surface area contributed by atoms with Gasteiger partial charge in [-0.2, -0.15) is 9.50 Å². The van der Waals surface area contributed by atoms with Gasteiger partial charge in [0.05, 0.1) is 10.6 Å². The average Bonchev–Trinajstić information content (AvgIpc) is 3.06. The molecule has 0 saturated carbocycles. The number of nitrogens with one attached hydrogen (secondary N) is 2. The first-order valence-corrected chi connectivity index (χ1v) is 8.59. The third kappa shape index (κ3) is 3.42. The van der Waals surface area contributed by atoms with Crippen molar-refractivity contribution in [1.29, 1.82) is 0 Å². The number of nitrogens with zero attached hydrogens (tertiary/aromatic N) is 3. The summed E-state index contributed by atoms with van der Waals surface area (Å²) >= 11 is 11.9. The number of carbonyl (C=O) groups excluding carboxylic acids is 1. The predicted octanol–water partition coefficient (Wildman–Crippen LogP) is 3.64. The number of benzene rings is 2. The lowest BCUT2D eigenvalue weighted by Gasteiger charge is -2.07. The van der Waals surface area contributed by atoms with E-state index in [1.165, 1.54) is 22.7 Å². The Morgan fingerprint density at radius 2 is 1.85 bits per heavy atom. The fourth-order valence-electron chi connectivity index (χ4n) is 2.55. The molecule has 134 valence electrons. The van der Waals surface area contributed by atoms with Crippen LogP contribution in [0.1, 0.15) is 10.4 Å². The molecule has 0 spiro atoms. The van der Waals surface area contributed by atoms with Crippen molar-refractivity contribution < 1.29 is 4.79 Å². The Bertz CT molecular complexity index is 1220. The van der Waals surface area contributed by atoms with Crippen molar-refractivity contribution >= 4 is 40.7 Å². The lowest BCUT2D eigenvalue weighted by molar-refractivity contribution is 0.102. The maximum Gasteiger partial charge on any atom is 0.258 e. The first-order chi connectivity index (χ1) is 13.0. The minimum absolute atomic E-state index is 0.166. The smallest absolute Gasteiger partial charge is 0.258 e. The molecule has 2 heterocycles. The van der Waals surface area contributed by atoms with Gasteiger partial charge in [0.2, 0.25) is 5.78 Å². The van der Waals surface area contributed by atoms with Gasteiger partial charge in [0.25, 0.3) is 11.5 Å². The van der Waals surface area contributed by atoms with E-state index >= 15 is 0 Å². The predicted molar refractivity (Wildman–Crippen MR) is 103 cm³/mol. The van der Waals surface area contributed by atoms with Crippen LogP contribution < -0.4 is 10.9 Å². The highest BCUT2D eigenvalue weighted by molar-refractivity contribution is 6.37. The van der Waals surface area contributed by atoms with Crippen molar-refractivity contribution in [3.05, 3.63) is 80.6 Å². The fraction of sp³-hybridized carbons (Fsp3) is 0. The van der Waals surface area contributed by atoms with Crippen LogP contribution in [0.5, 0.6) is 0 Å². The summed E-state index contributed by atoms with van der Waals surface area (Å²) in [6, 6.07) is 15.0. The average molecular weight is 400 g/mol. The number of aromatic nitrogens is 4. The lowest BCUT2D eigenvalue weighted by Crippen LogP contribution is -2.19. The molecular formula is C18H11Cl2N5O2. The van der Waals surface area contributed by atoms with Gasteiger partial charge < -0.3 is 5.32 Å². The highest BCUT2D eigenvalue weighted by Crippen LogP contribution is 2.22. The van der Waals surface area contributed by atoms with E-state index in [2.05, 4.69) is 20.4 Å². The van der Waals surface area contributed by atoms with Gasteiger partial charge in [0.15, 0.2) is 5.82 Å². The van der Waals surface area contributed by atoms with Crippen molar-refractivity contribution in [2.45, 2.75) is 0 Å². The summed E-state index contributed by atoms with van der Waals surface area (Å²) in [7, 11) is 0. The summed E-state index contributed by atoms with van der Waals surface area (Å²) in [5.74, 6) is 0.288. The number of H-pyrrole nitrogens is 1. The molecule has 0 radical (unpaired) electrons. The maximum absolute atomic E-state index is 12.6. The molecule has 0 bridgehead atoms. The van der Waals surface area contributed by atoms with Crippen LogP contribution in [0.2, 0.25) is 10.0 Å². The third-order valence-electron chi connectivity index (χ3n) is 3.79. The van der Waals surface area contributed by atoms with E-state index in [9.17, 15) is 9.59 Å². The summed E-state index contributed by atoms with van der Waals surface area (Å²) < 4.78 is 1.35. The lowest BCUT2D eigenvalue weighted by atomic mass is 10.2. The second-order valence-corrected chi connectivity index (χ2v) is 6.48. The molecule has 9 heteroatoms. The van der Waals surface area contributed by atoms with Gasteiger partial charge >= 0.3 is 0 Å². The van der Waals surface area contributed by atoms with E-state index in [1.807, 2.05) is 30.3 Å². The van der Waals surface area contributed by atoms with Crippen LogP contribution >= 0.6 is 23.2 Å². The van der Waals surface area contributed by atoms with Crippen LogP contribution in [-0.4, -0.2) is 25.5 Å². The Labute approximate surface area is 162 Å². The molecule has 27 heavy (non-hydrogen) atoms. The zero-order valence-electron chi connectivity index (χ0n) is 13.6. The molecule has 2 N–H and O–H groups in total. The highest BCUT2D eigenvalue weighted by Gasteiger charge is 2.15. The Morgan fingerprint density at radius 1 is 1.07 bits per heavy atom. The molecule has 4 rings (SSSR count). The number of halogens is 2. The van der Waals surface area contributed by atoms with Gasteiger partial charge in [-0.1, -0.05) is 53.5 Å². The molecule has 1 amide bonds. The highest BCUT2D eigenvalue weighted by atomic mass is 35.5. The van der Waals surface area contributed by atoms with Crippen LogP contribution in [0, 0.1) is 0 Å². The normalized spacial score (nSPS) is 10.9. The van der Waals surface area contributed by atoms with Crippen molar-refractivity contribution in [3.63, 3.8) is 0 Å². The Balaban J connectivity index is 1.76. The molecule has 2 aromatic heterocycles. The zero-order chi connectivity index (χ0) is 19.0. The second-order valence-electron chi connectivity index (χ2n) is 5.63. The van der Waals surface area contributed by atoms with Crippen molar-refractivity contribution in [2.24, 2.45) is 0 Å². The molecule has 0 atom stereocenters. The molecule has 0 aliphatic heterocycles. The van der Waals surface area contributed by atoms with Crippen LogP contribution in [0.4, 0.5) is 5.82 Å². The quantitative estimate of drug-likeness (QED) is 0.549. The summed E-state index contributed by atoms with van der Waals surface area (Å²) in [5, 5.41) is 7.63. The number of anilines is 1. The van der Waals surface area contributed by atoms with Gasteiger partial charge in [-0.15, -0.1) is 5.10 Å². The van der Waals surface area contributed by atoms with Crippen molar-refractivity contribution in [2.75, 3.05) is 5.32 Å². The number of rotatable bonds is 3. The van der Waals surface area contributed by atoms with Crippen LogP contribution in [-0.2, 0) is 0 Å². The minimum atomic E-state index is -0.500. The minimum Gasteiger partial charge on any atom is -0.306 e. The molecule has 4 aromatic rings. The first kappa shape index (κ1) is 17.3. The number of carbonyl (C=O) groups is 1. The van der Waals surface area contributed by atoms with Crippen LogP contribution in [0.15, 0.2) is 59.4 Å². The Morgan fingerprint density at radius 3 is 2.59 bits per heavy atom. The van der Waals surface area contributed by atoms with E-state index in [0.717, 1.165) is 5.56 Å². The largest absolute Gasteiger partial charge is 0.306 e. The van der Waals surface area contributed by atoms with Gasteiger partial charge in [-0.3, -0.25) is 14.6 Å². The van der Waals surface area contributed by atoms with Crippen LogP contribution in [0.25, 0.3) is 17.2 Å². The van der Waals surface area contributed by atoms with E-state index in [0.29, 0.717) is 10.8 Å². The van der Waals surface area contributed by atoms with Crippen molar-refractivity contribution in [3.8, 4) is 11.4 Å². The van der Waals surface area contributed by atoms with Gasteiger partial charge in [-0.05, 0) is 18.2 Å². The van der Waals surface area contributed by atoms with E-state index in [1.54, 1.807) is 6.07 Å². The van der Waals surface area contributed by atoms with Gasteiger partial charge in [0, 0.05) is 16.7 Å². The van der Waals surface area contributed by atoms with E-state index in [4.69, 9.17) is 23.2 Å². The van der Waals surface area contributed by atoms with E-state index < -0.39 is 11.5 Å². The standard InChI is InChI=1S/C18H11Cl2N5O2/c19-11-6-7-12(13(20)8-11)17(27)21-14-9-15(26)22-18-23-16(24-25(14)18)10-4-2-1-3-5-10/h1-9H,(H,21,27)(H,22,23,24,26). The maximum atomic E-state index is 12.6.